The number of nitrogen functional groups attached to an aromatic ring is 1. The Bertz CT molecular complexity index is 1730. The van der Waals surface area contributed by atoms with Crippen LogP contribution in [0.5, 0.6) is 5.75 Å². The first-order valence-corrected chi connectivity index (χ1v) is 14.7. The van der Waals surface area contributed by atoms with Crippen LogP contribution in [0.2, 0.25) is 0 Å². The summed E-state index contributed by atoms with van der Waals surface area (Å²) >= 11 is 0. The Balaban J connectivity index is 1.58. The van der Waals surface area contributed by atoms with Crippen LogP contribution < -0.4 is 21.1 Å². The lowest BCUT2D eigenvalue weighted by Gasteiger charge is -2.28. The minimum atomic E-state index is -0.789. The van der Waals surface area contributed by atoms with Gasteiger partial charge in [0.1, 0.15) is 18.0 Å². The van der Waals surface area contributed by atoms with Crippen LogP contribution >= 0.6 is 0 Å². The molecule has 0 radical (unpaired) electrons. The van der Waals surface area contributed by atoms with Crippen molar-refractivity contribution in [2.75, 3.05) is 43.7 Å². The highest BCUT2D eigenvalue weighted by Crippen LogP contribution is 2.33. The number of aryl methyl sites for hydroxylation is 1. The second kappa shape index (κ2) is 13.4. The van der Waals surface area contributed by atoms with Gasteiger partial charge >= 0.3 is 6.09 Å². The van der Waals surface area contributed by atoms with E-state index < -0.39 is 24.1 Å². The van der Waals surface area contributed by atoms with Gasteiger partial charge in [-0.15, -0.1) is 0 Å². The fourth-order valence-corrected chi connectivity index (χ4v) is 5.62. The van der Waals surface area contributed by atoms with Crippen LogP contribution in [0.3, 0.4) is 0 Å². The second-order valence-corrected chi connectivity index (χ2v) is 11.5. The highest BCUT2D eigenvalue weighted by atomic mass is 19.1. The molecular formula is C34H38FN5O5. The van der Waals surface area contributed by atoms with Gasteiger partial charge in [0.15, 0.2) is 11.6 Å². The Morgan fingerprint density at radius 2 is 1.98 bits per heavy atom. The van der Waals surface area contributed by atoms with Crippen LogP contribution in [-0.2, 0) is 20.8 Å². The van der Waals surface area contributed by atoms with Crippen molar-refractivity contribution in [3.05, 3.63) is 88.9 Å². The van der Waals surface area contributed by atoms with Gasteiger partial charge in [-0.3, -0.25) is 10.1 Å². The predicted molar refractivity (Wildman–Crippen MR) is 172 cm³/mol. The summed E-state index contributed by atoms with van der Waals surface area (Å²) in [6.07, 6.45) is 0.458. The van der Waals surface area contributed by atoms with Crippen LogP contribution in [-0.4, -0.2) is 55.4 Å². The first kappa shape index (κ1) is 31.5. The van der Waals surface area contributed by atoms with Crippen molar-refractivity contribution < 1.29 is 28.2 Å². The minimum Gasteiger partial charge on any atom is -0.485 e. The number of benzene rings is 3. The number of nitrogens with two attached hydrogens (primary N) is 1. The number of hydrogen-bond donors (Lipinski definition) is 3. The maximum Gasteiger partial charge on any atom is 0.411 e. The second-order valence-electron chi connectivity index (χ2n) is 11.5. The molecule has 3 heterocycles. The van der Waals surface area contributed by atoms with Crippen LogP contribution in [0, 0.1) is 12.7 Å². The fourth-order valence-electron chi connectivity index (χ4n) is 5.62. The van der Waals surface area contributed by atoms with Gasteiger partial charge in [-0.05, 0) is 66.3 Å². The third-order valence-corrected chi connectivity index (χ3v) is 7.85. The molecule has 3 aromatic carbocycles. The molecule has 4 aromatic rings. The number of fused-ring (bicyclic) bond motifs is 10. The number of pyridine rings is 1. The molecule has 236 valence electrons. The number of ether oxygens (including phenoxy) is 3. The van der Waals surface area contributed by atoms with E-state index in [9.17, 15) is 9.59 Å². The molecule has 0 spiro atoms. The number of nitrogens with one attached hydrogen (secondary N) is 2. The van der Waals surface area contributed by atoms with E-state index in [1.54, 1.807) is 26.2 Å². The summed E-state index contributed by atoms with van der Waals surface area (Å²) in [5.41, 5.74) is 9.99. The topological polar surface area (TPSA) is 128 Å². The summed E-state index contributed by atoms with van der Waals surface area (Å²) in [5.74, 6) is -0.685. The zero-order chi connectivity index (χ0) is 32.2. The molecule has 4 bridgehead atoms. The molecule has 10 nitrogen and oxygen atoms in total. The van der Waals surface area contributed by atoms with Crippen molar-refractivity contribution in [2.45, 2.75) is 45.4 Å². The van der Waals surface area contributed by atoms with E-state index in [0.29, 0.717) is 17.1 Å². The molecule has 2 aliphatic rings. The van der Waals surface area contributed by atoms with Crippen LogP contribution in [0.15, 0.2) is 60.8 Å². The number of carbonyl (C=O) groups is 2. The minimum absolute atomic E-state index is 0.0123. The van der Waals surface area contributed by atoms with E-state index in [4.69, 9.17) is 19.9 Å². The van der Waals surface area contributed by atoms with E-state index in [1.165, 1.54) is 18.1 Å². The van der Waals surface area contributed by atoms with Crippen LogP contribution in [0.4, 0.5) is 26.4 Å². The number of methoxy groups -OCH3 is 1. The summed E-state index contributed by atoms with van der Waals surface area (Å²) in [7, 11) is 3.17. The number of nitrogens with zero attached hydrogens (tertiary/aromatic N) is 2. The molecule has 3 unspecified atom stereocenters. The Hall–Kier alpha value is -4.90. The highest BCUT2D eigenvalue weighted by Gasteiger charge is 2.28. The lowest BCUT2D eigenvalue weighted by atomic mass is 9.93. The molecule has 0 saturated carbocycles. The van der Waals surface area contributed by atoms with Crippen molar-refractivity contribution in [3.8, 4) is 5.75 Å². The number of aromatic nitrogens is 1. The lowest BCUT2D eigenvalue weighted by Crippen LogP contribution is -2.35. The number of anilines is 3. The van der Waals surface area contributed by atoms with Crippen molar-refractivity contribution >= 4 is 40.0 Å². The Labute approximate surface area is 261 Å². The molecule has 1 aromatic heterocycles. The molecule has 6 rings (SSSR count). The first-order valence-electron chi connectivity index (χ1n) is 14.7. The van der Waals surface area contributed by atoms with Gasteiger partial charge in [0.05, 0.1) is 13.2 Å². The average Bonchev–Trinajstić information content (AvgIpc) is 2.99. The monoisotopic (exact) mass is 615 g/mol. The molecular weight excluding hydrogens is 577 g/mol. The number of amides is 2. The Kier molecular flexibility index (Phi) is 9.38. The highest BCUT2D eigenvalue weighted by molar-refractivity contribution is 5.94. The number of rotatable bonds is 6. The summed E-state index contributed by atoms with van der Waals surface area (Å²) in [5, 5.41) is 7.72. The van der Waals surface area contributed by atoms with Gasteiger partial charge in [0.25, 0.3) is 0 Å². The van der Waals surface area contributed by atoms with Crippen molar-refractivity contribution in [3.63, 3.8) is 0 Å². The molecule has 0 fully saturated rings. The van der Waals surface area contributed by atoms with E-state index >= 15 is 4.39 Å². The molecule has 45 heavy (non-hydrogen) atoms. The van der Waals surface area contributed by atoms with E-state index in [0.717, 1.165) is 27.5 Å². The number of likely N-dealkylation sites (N-methyl/N-ethyl adjacent to an activating group) is 1. The number of halogens is 1. The van der Waals surface area contributed by atoms with Crippen molar-refractivity contribution in [2.24, 2.45) is 0 Å². The molecule has 0 saturated heterocycles. The van der Waals surface area contributed by atoms with Crippen LogP contribution in [0.1, 0.15) is 48.1 Å². The van der Waals surface area contributed by atoms with E-state index in [1.807, 2.05) is 56.3 Å². The summed E-state index contributed by atoms with van der Waals surface area (Å²) in [6, 6.07) is 15.3. The van der Waals surface area contributed by atoms with Gasteiger partial charge in [-0.2, -0.15) is 0 Å². The van der Waals surface area contributed by atoms with Gasteiger partial charge in [0.2, 0.25) is 5.91 Å². The third kappa shape index (κ3) is 7.09. The SMILES string of the molecule is COCC(C)Oc1c(F)cc2cc1CN(C)C(=O)C(Nc1ccc3c(N)nccc3c1)c1ccc(c(C)c1)C(C)COC(=O)N2. The standard InChI is InChI=1S/C34H38FN5O5/c1-19-12-23-6-8-27(19)20(2)17-44-34(42)39-26-14-24(31(29(35)15-26)45-21(3)18-43-5)16-40(4)33(41)30(23)38-25-7-9-28-22(13-25)10-11-37-32(28)36/h6-15,20-21,30,38H,16-18H2,1-5H3,(H2,36,37)(H,39,42). The Morgan fingerprint density at radius 3 is 2.73 bits per heavy atom. The number of hydrogen-bond acceptors (Lipinski definition) is 8. The van der Waals surface area contributed by atoms with E-state index in [-0.39, 0.29) is 43.0 Å². The zero-order valence-corrected chi connectivity index (χ0v) is 26.0. The molecule has 0 aliphatic carbocycles. The lowest BCUT2D eigenvalue weighted by molar-refractivity contribution is -0.131. The first-order chi connectivity index (χ1) is 21.5. The van der Waals surface area contributed by atoms with Crippen LogP contribution in [0.25, 0.3) is 10.8 Å². The third-order valence-electron chi connectivity index (χ3n) is 7.85. The maximum absolute atomic E-state index is 15.5. The maximum atomic E-state index is 15.5. The molecule has 2 aliphatic heterocycles. The van der Waals surface area contributed by atoms with Crippen molar-refractivity contribution in [1.29, 1.82) is 0 Å². The predicted octanol–water partition coefficient (Wildman–Crippen LogP) is 6.16. The molecule has 4 N–H and O–H groups in total. The molecule has 2 amide bonds. The van der Waals surface area contributed by atoms with Gasteiger partial charge in [0, 0.05) is 61.2 Å². The van der Waals surface area contributed by atoms with Gasteiger partial charge < -0.3 is 30.2 Å². The molecule has 3 atom stereocenters. The van der Waals surface area contributed by atoms with Crippen molar-refractivity contribution in [1.82, 2.24) is 9.88 Å². The number of carbonyl (C=O) groups excluding carboxylic acids is 2. The summed E-state index contributed by atoms with van der Waals surface area (Å²) < 4.78 is 32.1. The largest absolute Gasteiger partial charge is 0.485 e. The van der Waals surface area contributed by atoms with Gasteiger partial charge in [-0.25, -0.2) is 14.2 Å². The fraction of sp³-hybridized carbons (Fsp3) is 0.324. The summed E-state index contributed by atoms with van der Waals surface area (Å²) in [6.45, 7) is 6.00. The quantitative estimate of drug-likeness (QED) is 0.236. The molecule has 11 heteroatoms. The van der Waals surface area contributed by atoms with Gasteiger partial charge in [-0.1, -0.05) is 25.1 Å². The Morgan fingerprint density at radius 1 is 1.18 bits per heavy atom. The normalized spacial score (nSPS) is 18.0. The smallest absolute Gasteiger partial charge is 0.411 e. The van der Waals surface area contributed by atoms with E-state index in [2.05, 4.69) is 15.6 Å². The summed E-state index contributed by atoms with van der Waals surface area (Å²) in [4.78, 5) is 32.6. The average molecular weight is 616 g/mol. The zero-order valence-electron chi connectivity index (χ0n) is 26.0.